The van der Waals surface area contributed by atoms with E-state index in [1.165, 1.54) is 12.1 Å². The molecule has 8 heteroatoms. The normalized spacial score (nSPS) is 17.9. The minimum absolute atomic E-state index is 0.0557. The lowest BCUT2D eigenvalue weighted by Gasteiger charge is -2.19. The Morgan fingerprint density at radius 2 is 1.83 bits per heavy atom. The van der Waals surface area contributed by atoms with Gasteiger partial charge in [-0.15, -0.1) is 0 Å². The Kier molecular flexibility index (Phi) is 5.71. The molecule has 2 heterocycles. The number of nitrogens with zero attached hydrogens (tertiary/aromatic N) is 2. The lowest BCUT2D eigenvalue weighted by Crippen LogP contribution is -2.30. The second-order valence-electron chi connectivity index (χ2n) is 7.48. The van der Waals surface area contributed by atoms with Gasteiger partial charge in [0.05, 0.1) is 22.3 Å². The number of carbonyl (C=O) groups excluding carboxylic acids is 2. The van der Waals surface area contributed by atoms with E-state index < -0.39 is 11.9 Å². The number of aryl methyl sites for hydroxylation is 1. The van der Waals surface area contributed by atoms with Crippen LogP contribution in [-0.2, 0) is 11.3 Å². The standard InChI is InChI=1S/C22H20Cl2FN3O2/c1-13-8-20(27-6-2-3-7-27)18(25)10-15(13)11-19-21(29)28(22(30)26-19)12-14-4-5-16(23)17(24)9-14/h4-5,8-11H,2-3,6-7,12H2,1H3,(H,26,30). The van der Waals surface area contributed by atoms with E-state index in [1.807, 2.05) is 11.8 Å². The largest absolute Gasteiger partial charge is 0.369 e. The molecule has 2 aliphatic heterocycles. The molecule has 0 unspecified atom stereocenters. The summed E-state index contributed by atoms with van der Waals surface area (Å²) in [6, 6.07) is 7.60. The number of benzene rings is 2. The highest BCUT2D eigenvalue weighted by Crippen LogP contribution is 2.29. The van der Waals surface area contributed by atoms with Crippen LogP contribution in [0.25, 0.3) is 6.08 Å². The number of hydrogen-bond donors (Lipinski definition) is 1. The van der Waals surface area contributed by atoms with Gasteiger partial charge < -0.3 is 10.2 Å². The van der Waals surface area contributed by atoms with Crippen LogP contribution in [-0.4, -0.2) is 29.9 Å². The second-order valence-corrected chi connectivity index (χ2v) is 8.30. The molecule has 1 N–H and O–H groups in total. The highest BCUT2D eigenvalue weighted by atomic mass is 35.5. The Morgan fingerprint density at radius 1 is 1.10 bits per heavy atom. The highest BCUT2D eigenvalue weighted by molar-refractivity contribution is 6.42. The first kappa shape index (κ1) is 20.7. The third-order valence-corrected chi connectivity index (χ3v) is 6.11. The second kappa shape index (κ2) is 8.28. The van der Waals surface area contributed by atoms with Crippen LogP contribution in [0.4, 0.5) is 14.9 Å². The number of amides is 3. The summed E-state index contributed by atoms with van der Waals surface area (Å²) < 4.78 is 14.7. The Balaban J connectivity index is 1.57. The van der Waals surface area contributed by atoms with Gasteiger partial charge in [-0.3, -0.25) is 9.69 Å². The molecule has 2 aromatic rings. The fourth-order valence-corrected chi connectivity index (χ4v) is 4.05. The van der Waals surface area contributed by atoms with Crippen LogP contribution >= 0.6 is 23.2 Å². The molecule has 0 bridgehead atoms. The summed E-state index contributed by atoms with van der Waals surface area (Å²) in [5.41, 5.74) is 2.74. The Morgan fingerprint density at radius 3 is 2.53 bits per heavy atom. The number of anilines is 1. The summed E-state index contributed by atoms with van der Waals surface area (Å²) in [6.45, 7) is 3.60. The van der Waals surface area contributed by atoms with Crippen molar-refractivity contribution >= 4 is 46.9 Å². The molecule has 2 aromatic carbocycles. The van der Waals surface area contributed by atoms with Gasteiger partial charge in [-0.2, -0.15) is 0 Å². The molecule has 30 heavy (non-hydrogen) atoms. The summed E-state index contributed by atoms with van der Waals surface area (Å²) in [5, 5.41) is 3.32. The maximum atomic E-state index is 14.7. The van der Waals surface area contributed by atoms with Crippen molar-refractivity contribution in [2.75, 3.05) is 18.0 Å². The monoisotopic (exact) mass is 447 g/mol. The maximum Gasteiger partial charge on any atom is 0.329 e. The number of hydrogen-bond acceptors (Lipinski definition) is 3. The third kappa shape index (κ3) is 4.02. The molecule has 3 amide bonds. The minimum atomic E-state index is -0.538. The first-order valence-electron chi connectivity index (χ1n) is 9.67. The van der Waals surface area contributed by atoms with E-state index in [0.717, 1.165) is 36.4 Å². The average Bonchev–Trinajstić information content (AvgIpc) is 3.32. The van der Waals surface area contributed by atoms with Crippen molar-refractivity contribution in [3.05, 3.63) is 68.6 Å². The molecule has 0 saturated carbocycles. The summed E-state index contributed by atoms with van der Waals surface area (Å²) in [5.74, 6) is -0.812. The van der Waals surface area contributed by atoms with Gasteiger partial charge in [0.15, 0.2) is 0 Å². The molecule has 0 spiro atoms. The average molecular weight is 448 g/mol. The number of carbonyl (C=O) groups is 2. The van der Waals surface area contributed by atoms with Crippen LogP contribution in [0.2, 0.25) is 10.0 Å². The van der Waals surface area contributed by atoms with E-state index in [0.29, 0.717) is 26.9 Å². The van der Waals surface area contributed by atoms with Crippen molar-refractivity contribution in [1.29, 1.82) is 0 Å². The molecule has 4 rings (SSSR count). The van der Waals surface area contributed by atoms with Gasteiger partial charge in [0.25, 0.3) is 5.91 Å². The zero-order chi connectivity index (χ0) is 21.4. The molecule has 2 saturated heterocycles. The lowest BCUT2D eigenvalue weighted by atomic mass is 10.1. The molecular formula is C22H20Cl2FN3O2. The van der Waals surface area contributed by atoms with E-state index >= 15 is 0 Å². The van der Waals surface area contributed by atoms with E-state index in [4.69, 9.17) is 23.2 Å². The molecule has 5 nitrogen and oxygen atoms in total. The van der Waals surface area contributed by atoms with Crippen LogP contribution in [0.15, 0.2) is 36.0 Å². The molecule has 2 fully saturated rings. The SMILES string of the molecule is Cc1cc(N2CCCC2)c(F)cc1C=C1NC(=O)N(Cc2ccc(Cl)c(Cl)c2)C1=O. The number of halogens is 3. The third-order valence-electron chi connectivity index (χ3n) is 5.37. The molecular weight excluding hydrogens is 428 g/mol. The number of rotatable bonds is 4. The summed E-state index contributed by atoms with van der Waals surface area (Å²) >= 11 is 11.9. The van der Waals surface area contributed by atoms with Crippen molar-refractivity contribution in [2.45, 2.75) is 26.3 Å². The van der Waals surface area contributed by atoms with Crippen LogP contribution in [0, 0.1) is 12.7 Å². The van der Waals surface area contributed by atoms with Crippen molar-refractivity contribution in [1.82, 2.24) is 10.2 Å². The summed E-state index contributed by atoms with van der Waals surface area (Å²) in [6.07, 6.45) is 3.63. The van der Waals surface area contributed by atoms with Crippen LogP contribution in [0.1, 0.15) is 29.5 Å². The lowest BCUT2D eigenvalue weighted by molar-refractivity contribution is -0.123. The predicted octanol–water partition coefficient (Wildman–Crippen LogP) is 5.13. The van der Waals surface area contributed by atoms with Crippen LogP contribution in [0.3, 0.4) is 0 Å². The van der Waals surface area contributed by atoms with Crippen LogP contribution in [0.5, 0.6) is 0 Å². The molecule has 0 aromatic heterocycles. The van der Waals surface area contributed by atoms with Crippen molar-refractivity contribution < 1.29 is 14.0 Å². The first-order chi connectivity index (χ1) is 14.3. The Labute approximate surface area is 184 Å². The van der Waals surface area contributed by atoms with E-state index in [9.17, 15) is 14.0 Å². The smallest absolute Gasteiger partial charge is 0.329 e. The van der Waals surface area contributed by atoms with E-state index in [1.54, 1.807) is 24.3 Å². The zero-order valence-corrected chi connectivity index (χ0v) is 17.9. The molecule has 156 valence electrons. The molecule has 0 aliphatic carbocycles. The van der Waals surface area contributed by atoms with Gasteiger partial charge >= 0.3 is 6.03 Å². The van der Waals surface area contributed by atoms with Crippen molar-refractivity contribution in [3.8, 4) is 0 Å². The fraction of sp³-hybridized carbons (Fsp3) is 0.273. The topological polar surface area (TPSA) is 52.7 Å². The van der Waals surface area contributed by atoms with Gasteiger partial charge in [0.2, 0.25) is 0 Å². The van der Waals surface area contributed by atoms with Crippen molar-refractivity contribution in [2.24, 2.45) is 0 Å². The number of imide groups is 1. The highest BCUT2D eigenvalue weighted by Gasteiger charge is 2.33. The quantitative estimate of drug-likeness (QED) is 0.521. The van der Waals surface area contributed by atoms with Gasteiger partial charge in [-0.05, 0) is 66.8 Å². The van der Waals surface area contributed by atoms with E-state index in [-0.39, 0.29) is 18.1 Å². The number of nitrogens with one attached hydrogen (secondary N) is 1. The Hall–Kier alpha value is -2.57. The maximum absolute atomic E-state index is 14.7. The fourth-order valence-electron chi connectivity index (χ4n) is 3.73. The Bertz CT molecular complexity index is 1060. The zero-order valence-electron chi connectivity index (χ0n) is 16.3. The van der Waals surface area contributed by atoms with Gasteiger partial charge in [-0.25, -0.2) is 9.18 Å². The van der Waals surface area contributed by atoms with Gasteiger partial charge in [0, 0.05) is 13.1 Å². The minimum Gasteiger partial charge on any atom is -0.369 e. The predicted molar refractivity (Wildman–Crippen MR) is 116 cm³/mol. The summed E-state index contributed by atoms with van der Waals surface area (Å²) in [4.78, 5) is 28.2. The van der Waals surface area contributed by atoms with Gasteiger partial charge in [0.1, 0.15) is 11.5 Å². The first-order valence-corrected chi connectivity index (χ1v) is 10.4. The summed E-state index contributed by atoms with van der Waals surface area (Å²) in [7, 11) is 0. The van der Waals surface area contributed by atoms with E-state index in [2.05, 4.69) is 5.32 Å². The molecule has 0 atom stereocenters. The number of urea groups is 1. The van der Waals surface area contributed by atoms with Crippen LogP contribution < -0.4 is 10.2 Å². The van der Waals surface area contributed by atoms with Gasteiger partial charge in [-0.1, -0.05) is 29.3 Å². The van der Waals surface area contributed by atoms with Crippen molar-refractivity contribution in [3.63, 3.8) is 0 Å². The molecule has 0 radical (unpaired) electrons. The molecule has 2 aliphatic rings.